The molecule has 0 radical (unpaired) electrons. The van der Waals surface area contributed by atoms with Crippen LogP contribution in [0.25, 0.3) is 0 Å². The summed E-state index contributed by atoms with van der Waals surface area (Å²) >= 11 is 0. The van der Waals surface area contributed by atoms with Gasteiger partial charge >= 0.3 is 0 Å². The molecule has 0 aromatic carbocycles. The molecule has 1 amide bonds. The summed E-state index contributed by atoms with van der Waals surface area (Å²) in [6.07, 6.45) is 2.73. The van der Waals surface area contributed by atoms with Gasteiger partial charge in [0.2, 0.25) is 0 Å². The van der Waals surface area contributed by atoms with Crippen LogP contribution < -0.4 is 5.32 Å². The molecule has 0 spiro atoms. The number of rotatable bonds is 4. The predicted octanol–water partition coefficient (Wildman–Crippen LogP) is 1.24. The molecule has 2 rings (SSSR count). The van der Waals surface area contributed by atoms with Crippen molar-refractivity contribution in [2.75, 3.05) is 0 Å². The second-order valence-corrected chi connectivity index (χ2v) is 4.69. The van der Waals surface area contributed by atoms with Gasteiger partial charge < -0.3 is 9.73 Å². The van der Waals surface area contributed by atoms with Crippen molar-refractivity contribution in [3.63, 3.8) is 0 Å². The van der Waals surface area contributed by atoms with Crippen LogP contribution in [0, 0.1) is 12.8 Å². The number of nitrogens with zero attached hydrogens (tertiary/aromatic N) is 4. The summed E-state index contributed by atoms with van der Waals surface area (Å²) in [5.74, 6) is 1.12. The lowest BCUT2D eigenvalue weighted by molar-refractivity contribution is 0.0916. The highest BCUT2D eigenvalue weighted by molar-refractivity contribution is 5.93. The van der Waals surface area contributed by atoms with Crippen LogP contribution in [0.4, 0.5) is 0 Å². The number of nitrogens with one attached hydrogen (secondary N) is 1. The van der Waals surface area contributed by atoms with Gasteiger partial charge in [-0.1, -0.05) is 13.8 Å². The highest BCUT2D eigenvalue weighted by Gasteiger charge is 2.25. The Balaban J connectivity index is 2.21. The lowest BCUT2D eigenvalue weighted by Crippen LogP contribution is -2.34. The number of hydrogen-bond acceptors (Lipinski definition) is 5. The quantitative estimate of drug-likeness (QED) is 0.896. The smallest absolute Gasteiger partial charge is 0.274 e. The van der Waals surface area contributed by atoms with Gasteiger partial charge in [-0.25, -0.2) is 9.97 Å². The van der Waals surface area contributed by atoms with E-state index < -0.39 is 0 Å². The normalized spacial score (nSPS) is 12.7. The van der Waals surface area contributed by atoms with E-state index in [-0.39, 0.29) is 17.9 Å². The van der Waals surface area contributed by atoms with E-state index >= 15 is 0 Å². The Labute approximate surface area is 111 Å². The summed E-state index contributed by atoms with van der Waals surface area (Å²) in [5, 5.41) is 6.95. The standard InChI is InChI=1S/C12H17N5O2/c1-7(2)9(11-13-5-15-17(11)4)16-12(18)10-8(3)19-6-14-10/h5-7,9H,1-4H3,(H,16,18)/t9-/m1/s1. The molecular weight excluding hydrogens is 246 g/mol. The second-order valence-electron chi connectivity index (χ2n) is 4.69. The average molecular weight is 263 g/mol. The minimum Gasteiger partial charge on any atom is -0.448 e. The van der Waals surface area contributed by atoms with Gasteiger partial charge in [-0.3, -0.25) is 9.48 Å². The molecule has 7 heteroatoms. The monoisotopic (exact) mass is 263 g/mol. The van der Waals surface area contributed by atoms with Crippen LogP contribution in [0.15, 0.2) is 17.1 Å². The van der Waals surface area contributed by atoms with Crippen molar-refractivity contribution in [2.45, 2.75) is 26.8 Å². The van der Waals surface area contributed by atoms with Gasteiger partial charge in [-0.15, -0.1) is 0 Å². The molecule has 2 heterocycles. The first-order chi connectivity index (χ1) is 9.00. The van der Waals surface area contributed by atoms with Crippen LogP contribution >= 0.6 is 0 Å². The Morgan fingerprint density at radius 3 is 2.63 bits per heavy atom. The molecule has 0 saturated carbocycles. The van der Waals surface area contributed by atoms with Crippen molar-refractivity contribution < 1.29 is 9.21 Å². The van der Waals surface area contributed by atoms with E-state index in [2.05, 4.69) is 20.4 Å². The zero-order chi connectivity index (χ0) is 14.0. The van der Waals surface area contributed by atoms with Crippen LogP contribution in [0.1, 0.15) is 42.0 Å². The summed E-state index contributed by atoms with van der Waals surface area (Å²) < 4.78 is 6.69. The Morgan fingerprint density at radius 1 is 1.42 bits per heavy atom. The number of hydrogen-bond donors (Lipinski definition) is 1. The van der Waals surface area contributed by atoms with E-state index in [1.165, 1.54) is 12.7 Å². The number of amides is 1. The van der Waals surface area contributed by atoms with E-state index in [4.69, 9.17) is 4.42 Å². The first kappa shape index (κ1) is 13.3. The van der Waals surface area contributed by atoms with Crippen LogP contribution in [0.5, 0.6) is 0 Å². The first-order valence-corrected chi connectivity index (χ1v) is 6.05. The predicted molar refractivity (Wildman–Crippen MR) is 67.3 cm³/mol. The second kappa shape index (κ2) is 5.21. The highest BCUT2D eigenvalue weighted by Crippen LogP contribution is 2.19. The molecule has 7 nitrogen and oxygen atoms in total. The largest absolute Gasteiger partial charge is 0.448 e. The van der Waals surface area contributed by atoms with Crippen molar-refractivity contribution in [1.82, 2.24) is 25.1 Å². The summed E-state index contributed by atoms with van der Waals surface area (Å²) in [7, 11) is 1.80. The third-order valence-corrected chi connectivity index (χ3v) is 2.94. The lowest BCUT2D eigenvalue weighted by Gasteiger charge is -2.20. The van der Waals surface area contributed by atoms with Crippen molar-refractivity contribution >= 4 is 5.91 Å². The summed E-state index contributed by atoms with van der Waals surface area (Å²) in [5.41, 5.74) is 0.299. The van der Waals surface area contributed by atoms with Crippen molar-refractivity contribution in [3.05, 3.63) is 30.0 Å². The molecule has 0 unspecified atom stereocenters. The maximum Gasteiger partial charge on any atom is 0.274 e. The average Bonchev–Trinajstić information content (AvgIpc) is 2.94. The molecule has 0 aliphatic heterocycles. The zero-order valence-corrected chi connectivity index (χ0v) is 11.4. The maximum atomic E-state index is 12.2. The van der Waals surface area contributed by atoms with Crippen LogP contribution in [0.2, 0.25) is 0 Å². The van der Waals surface area contributed by atoms with E-state index in [0.717, 1.165) is 0 Å². The van der Waals surface area contributed by atoms with E-state index in [1.54, 1.807) is 18.7 Å². The lowest BCUT2D eigenvalue weighted by atomic mass is 10.0. The van der Waals surface area contributed by atoms with E-state index in [0.29, 0.717) is 17.3 Å². The molecule has 0 saturated heterocycles. The van der Waals surface area contributed by atoms with Crippen LogP contribution in [-0.2, 0) is 7.05 Å². The molecule has 1 atom stereocenters. The molecule has 0 aliphatic rings. The molecule has 0 fully saturated rings. The number of aromatic nitrogens is 4. The molecule has 2 aromatic rings. The van der Waals surface area contributed by atoms with Crippen LogP contribution in [-0.4, -0.2) is 25.7 Å². The van der Waals surface area contributed by atoms with Gasteiger partial charge in [0.15, 0.2) is 12.1 Å². The Kier molecular flexibility index (Phi) is 3.64. The van der Waals surface area contributed by atoms with E-state index in [9.17, 15) is 4.79 Å². The minimum absolute atomic E-state index is 0.180. The third-order valence-electron chi connectivity index (χ3n) is 2.94. The molecule has 0 bridgehead atoms. The number of carbonyl (C=O) groups excluding carboxylic acids is 1. The van der Waals surface area contributed by atoms with Gasteiger partial charge in [0.05, 0.1) is 6.04 Å². The first-order valence-electron chi connectivity index (χ1n) is 6.05. The Hall–Kier alpha value is -2.18. The van der Waals surface area contributed by atoms with E-state index in [1.807, 2.05) is 13.8 Å². The SMILES string of the molecule is Cc1ocnc1C(=O)N[C@@H](c1ncnn1C)C(C)C. The highest BCUT2D eigenvalue weighted by atomic mass is 16.3. The van der Waals surface area contributed by atoms with Gasteiger partial charge in [-0.2, -0.15) is 5.10 Å². The fourth-order valence-electron chi connectivity index (χ4n) is 1.85. The van der Waals surface area contributed by atoms with Crippen molar-refractivity contribution in [1.29, 1.82) is 0 Å². The summed E-state index contributed by atoms with van der Waals surface area (Å²) in [6.45, 7) is 5.72. The molecule has 102 valence electrons. The molecular formula is C12H17N5O2. The van der Waals surface area contributed by atoms with Gasteiger partial charge in [-0.05, 0) is 12.8 Å². The Morgan fingerprint density at radius 2 is 2.16 bits per heavy atom. The van der Waals surface area contributed by atoms with Crippen molar-refractivity contribution in [2.24, 2.45) is 13.0 Å². The van der Waals surface area contributed by atoms with Gasteiger partial charge in [0, 0.05) is 7.05 Å². The number of oxazole rings is 1. The summed E-state index contributed by atoms with van der Waals surface area (Å²) in [4.78, 5) is 20.3. The third kappa shape index (κ3) is 2.64. The molecule has 1 N–H and O–H groups in total. The summed E-state index contributed by atoms with van der Waals surface area (Å²) in [6, 6.07) is -0.226. The fourth-order valence-corrected chi connectivity index (χ4v) is 1.85. The number of aryl methyl sites for hydroxylation is 2. The minimum atomic E-state index is -0.270. The van der Waals surface area contributed by atoms with Gasteiger partial charge in [0.1, 0.15) is 17.9 Å². The Bertz CT molecular complexity index is 572. The zero-order valence-electron chi connectivity index (χ0n) is 11.4. The number of carbonyl (C=O) groups is 1. The van der Waals surface area contributed by atoms with Gasteiger partial charge in [0.25, 0.3) is 5.91 Å². The van der Waals surface area contributed by atoms with Crippen molar-refractivity contribution in [3.8, 4) is 0 Å². The molecule has 0 aliphatic carbocycles. The topological polar surface area (TPSA) is 85.8 Å². The molecule has 2 aromatic heterocycles. The fraction of sp³-hybridized carbons (Fsp3) is 0.500. The van der Waals surface area contributed by atoms with Crippen LogP contribution in [0.3, 0.4) is 0 Å². The molecule has 19 heavy (non-hydrogen) atoms. The maximum absolute atomic E-state index is 12.2.